The Morgan fingerprint density at radius 2 is 2.54 bits per heavy atom. The molecule has 1 aliphatic rings. The van der Waals surface area contributed by atoms with Crippen LogP contribution in [0.1, 0.15) is 12.0 Å². The van der Waals surface area contributed by atoms with E-state index < -0.39 is 0 Å². The molecule has 1 aromatic heterocycles. The summed E-state index contributed by atoms with van der Waals surface area (Å²) in [6.45, 7) is 3.92. The number of nitrogens with two attached hydrogens (primary N) is 1. The number of hydrogen-bond acceptors (Lipinski definition) is 3. The molecule has 1 unspecified atom stereocenters. The predicted octanol–water partition coefficient (Wildman–Crippen LogP) is 0.927. The average Bonchev–Trinajstić information content (AvgIpc) is 2.08. The lowest BCUT2D eigenvalue weighted by Gasteiger charge is -2.42. The van der Waals surface area contributed by atoms with E-state index in [1.165, 1.54) is 12.0 Å². The van der Waals surface area contributed by atoms with Crippen LogP contribution in [0.2, 0.25) is 0 Å². The number of aromatic nitrogens is 1. The Hall–Kier alpha value is -1.09. The molecule has 0 bridgehead atoms. The zero-order chi connectivity index (χ0) is 9.26. The van der Waals surface area contributed by atoms with Gasteiger partial charge in [0.05, 0.1) is 0 Å². The van der Waals surface area contributed by atoms with Crippen LogP contribution in [0.15, 0.2) is 18.3 Å². The fourth-order valence-corrected chi connectivity index (χ4v) is 1.74. The third kappa shape index (κ3) is 1.40. The summed E-state index contributed by atoms with van der Waals surface area (Å²) in [6.07, 6.45) is 3.04. The van der Waals surface area contributed by atoms with Crippen LogP contribution in [0.4, 0.5) is 5.82 Å². The fourth-order valence-electron chi connectivity index (χ4n) is 1.74. The number of hydrogen-bond donors (Lipinski definition) is 1. The Bertz CT molecular complexity index is 296. The van der Waals surface area contributed by atoms with Crippen molar-refractivity contribution in [3.63, 3.8) is 0 Å². The van der Waals surface area contributed by atoms with Crippen LogP contribution in [0.3, 0.4) is 0 Å². The highest BCUT2D eigenvalue weighted by Gasteiger charge is 2.28. The largest absolute Gasteiger partial charge is 0.352 e. The Labute approximate surface area is 78.6 Å². The van der Waals surface area contributed by atoms with E-state index in [1.54, 1.807) is 0 Å². The first kappa shape index (κ1) is 8.51. The van der Waals surface area contributed by atoms with Gasteiger partial charge >= 0.3 is 0 Å². The zero-order valence-corrected chi connectivity index (χ0v) is 7.90. The van der Waals surface area contributed by atoms with Crippen molar-refractivity contribution < 1.29 is 0 Å². The predicted molar refractivity (Wildman–Crippen MR) is 53.8 cm³/mol. The maximum Gasteiger partial charge on any atom is 0.131 e. The first-order valence-electron chi connectivity index (χ1n) is 4.71. The van der Waals surface area contributed by atoms with Crippen molar-refractivity contribution in [1.29, 1.82) is 0 Å². The van der Waals surface area contributed by atoms with Crippen molar-refractivity contribution in [1.82, 2.24) is 4.98 Å². The monoisotopic (exact) mass is 177 g/mol. The van der Waals surface area contributed by atoms with Gasteiger partial charge in [0, 0.05) is 25.3 Å². The summed E-state index contributed by atoms with van der Waals surface area (Å²) >= 11 is 0. The lowest BCUT2D eigenvalue weighted by atomic mass is 10.0. The molecule has 1 saturated heterocycles. The molecule has 0 spiro atoms. The average molecular weight is 177 g/mol. The summed E-state index contributed by atoms with van der Waals surface area (Å²) in [5.41, 5.74) is 6.88. The first-order chi connectivity index (χ1) is 6.33. The molecule has 1 aromatic rings. The minimum Gasteiger partial charge on any atom is -0.352 e. The minimum absolute atomic E-state index is 0.508. The van der Waals surface area contributed by atoms with E-state index in [0.29, 0.717) is 6.04 Å². The molecule has 0 saturated carbocycles. The van der Waals surface area contributed by atoms with Gasteiger partial charge < -0.3 is 10.6 Å². The van der Waals surface area contributed by atoms with Gasteiger partial charge in [-0.25, -0.2) is 4.98 Å². The third-order valence-corrected chi connectivity index (χ3v) is 2.67. The van der Waals surface area contributed by atoms with Gasteiger partial charge in [0.25, 0.3) is 0 Å². The number of anilines is 1. The van der Waals surface area contributed by atoms with E-state index in [9.17, 15) is 0 Å². The van der Waals surface area contributed by atoms with Gasteiger partial charge in [-0.05, 0) is 25.0 Å². The molecule has 1 aliphatic heterocycles. The highest BCUT2D eigenvalue weighted by atomic mass is 15.3. The summed E-state index contributed by atoms with van der Waals surface area (Å²) in [5.74, 6) is 1.10. The number of nitrogens with zero attached hydrogens (tertiary/aromatic N) is 2. The molecule has 1 fully saturated rings. The van der Waals surface area contributed by atoms with E-state index in [4.69, 9.17) is 5.73 Å². The van der Waals surface area contributed by atoms with Crippen LogP contribution in [0.5, 0.6) is 0 Å². The van der Waals surface area contributed by atoms with Crippen LogP contribution in [0, 0.1) is 6.92 Å². The summed E-state index contributed by atoms with van der Waals surface area (Å²) in [5, 5.41) is 0. The van der Waals surface area contributed by atoms with Crippen LogP contribution in [-0.4, -0.2) is 24.1 Å². The lowest BCUT2D eigenvalue weighted by molar-refractivity contribution is 0.451. The van der Waals surface area contributed by atoms with Crippen molar-refractivity contribution in [2.24, 2.45) is 5.73 Å². The van der Waals surface area contributed by atoms with Gasteiger partial charge in [0.15, 0.2) is 0 Å². The second-order valence-electron chi connectivity index (χ2n) is 3.52. The standard InChI is InChI=1S/C10H15N3/c1-8-3-2-5-12-10(8)13-6-4-9(13)7-11/h2-3,5,9H,4,6-7,11H2,1H3. The molecule has 3 heteroatoms. The fraction of sp³-hybridized carbons (Fsp3) is 0.500. The van der Waals surface area contributed by atoms with Crippen molar-refractivity contribution in [3.8, 4) is 0 Å². The summed E-state index contributed by atoms with van der Waals surface area (Å²) < 4.78 is 0. The zero-order valence-electron chi connectivity index (χ0n) is 7.90. The number of rotatable bonds is 2. The lowest BCUT2D eigenvalue weighted by Crippen LogP contribution is -2.52. The Balaban J connectivity index is 2.21. The number of pyridine rings is 1. The number of aryl methyl sites for hydroxylation is 1. The van der Waals surface area contributed by atoms with Crippen LogP contribution in [0.25, 0.3) is 0 Å². The topological polar surface area (TPSA) is 42.2 Å². The molecule has 13 heavy (non-hydrogen) atoms. The molecular weight excluding hydrogens is 162 g/mol. The van der Waals surface area contributed by atoms with Crippen molar-refractivity contribution >= 4 is 5.82 Å². The van der Waals surface area contributed by atoms with E-state index in [0.717, 1.165) is 18.9 Å². The maximum atomic E-state index is 5.64. The summed E-state index contributed by atoms with van der Waals surface area (Å²) in [6, 6.07) is 4.57. The Kier molecular flexibility index (Phi) is 2.19. The molecule has 2 heterocycles. The molecule has 0 amide bonds. The molecule has 70 valence electrons. The molecular formula is C10H15N3. The normalized spacial score (nSPS) is 21.4. The third-order valence-electron chi connectivity index (χ3n) is 2.67. The van der Waals surface area contributed by atoms with Gasteiger partial charge in [-0.3, -0.25) is 0 Å². The van der Waals surface area contributed by atoms with Crippen molar-refractivity contribution in [3.05, 3.63) is 23.9 Å². The second-order valence-corrected chi connectivity index (χ2v) is 3.52. The molecule has 0 aromatic carbocycles. The van der Waals surface area contributed by atoms with E-state index in [-0.39, 0.29) is 0 Å². The van der Waals surface area contributed by atoms with Crippen molar-refractivity contribution in [2.75, 3.05) is 18.0 Å². The summed E-state index contributed by atoms with van der Waals surface area (Å²) in [7, 11) is 0. The van der Waals surface area contributed by atoms with Gasteiger partial charge in [-0.1, -0.05) is 6.07 Å². The quantitative estimate of drug-likeness (QED) is 0.730. The first-order valence-corrected chi connectivity index (χ1v) is 4.71. The van der Waals surface area contributed by atoms with Crippen LogP contribution >= 0.6 is 0 Å². The van der Waals surface area contributed by atoms with E-state index in [1.807, 2.05) is 12.3 Å². The van der Waals surface area contributed by atoms with Gasteiger partial charge in [-0.15, -0.1) is 0 Å². The van der Waals surface area contributed by atoms with Gasteiger partial charge in [0.1, 0.15) is 5.82 Å². The molecule has 1 atom stereocenters. The minimum atomic E-state index is 0.508. The highest BCUT2D eigenvalue weighted by Crippen LogP contribution is 2.26. The van der Waals surface area contributed by atoms with Crippen LogP contribution < -0.4 is 10.6 Å². The maximum absolute atomic E-state index is 5.64. The van der Waals surface area contributed by atoms with E-state index >= 15 is 0 Å². The second kappa shape index (κ2) is 3.34. The molecule has 0 aliphatic carbocycles. The molecule has 3 nitrogen and oxygen atoms in total. The van der Waals surface area contributed by atoms with E-state index in [2.05, 4.69) is 22.9 Å². The van der Waals surface area contributed by atoms with Gasteiger partial charge in [-0.2, -0.15) is 0 Å². The molecule has 2 rings (SSSR count). The smallest absolute Gasteiger partial charge is 0.131 e. The summed E-state index contributed by atoms with van der Waals surface area (Å²) in [4.78, 5) is 6.66. The van der Waals surface area contributed by atoms with Crippen molar-refractivity contribution in [2.45, 2.75) is 19.4 Å². The highest BCUT2D eigenvalue weighted by molar-refractivity contribution is 5.49. The van der Waals surface area contributed by atoms with Gasteiger partial charge in [0.2, 0.25) is 0 Å². The SMILES string of the molecule is Cc1cccnc1N1CCC1CN. The molecule has 0 radical (unpaired) electrons. The van der Waals surface area contributed by atoms with Crippen LogP contribution in [-0.2, 0) is 0 Å². The molecule has 2 N–H and O–H groups in total. The Morgan fingerprint density at radius 1 is 1.69 bits per heavy atom. The Morgan fingerprint density at radius 3 is 3.08 bits per heavy atom.